The van der Waals surface area contributed by atoms with Crippen molar-refractivity contribution >= 4 is 23.5 Å². The average Bonchev–Trinajstić information content (AvgIpc) is 2.89. The van der Waals surface area contributed by atoms with Crippen LogP contribution >= 0.6 is 0 Å². The van der Waals surface area contributed by atoms with E-state index in [1.807, 2.05) is 18.2 Å². The fourth-order valence-corrected chi connectivity index (χ4v) is 4.35. The minimum atomic E-state index is -4.47. The number of carboxylic acids is 2. The Balaban J connectivity index is 0.000000272. The van der Waals surface area contributed by atoms with E-state index < -0.39 is 35.0 Å². The summed E-state index contributed by atoms with van der Waals surface area (Å²) in [7, 11) is 0. The van der Waals surface area contributed by atoms with Gasteiger partial charge in [-0.2, -0.15) is 13.2 Å². The lowest BCUT2D eigenvalue weighted by atomic mass is 9.80. The van der Waals surface area contributed by atoms with Crippen molar-refractivity contribution in [3.63, 3.8) is 0 Å². The molecule has 3 N–H and O–H groups in total. The lowest BCUT2D eigenvalue weighted by Crippen LogP contribution is -2.29. The first-order chi connectivity index (χ1) is 18.4. The molecule has 2 aliphatic rings. The zero-order chi connectivity index (χ0) is 28.6. The Morgan fingerprint density at radius 1 is 1.00 bits per heavy atom. The third-order valence-corrected chi connectivity index (χ3v) is 6.57. The van der Waals surface area contributed by atoms with Crippen LogP contribution in [0.5, 0.6) is 0 Å². The number of allylic oxidation sites excluding steroid dienone is 2. The van der Waals surface area contributed by atoms with Gasteiger partial charge in [-0.3, -0.25) is 14.5 Å². The van der Waals surface area contributed by atoms with Gasteiger partial charge in [-0.1, -0.05) is 42.8 Å². The molecule has 0 radical (unpaired) electrons. The molecule has 1 fully saturated rings. The molecule has 1 amide bonds. The van der Waals surface area contributed by atoms with E-state index in [9.17, 15) is 27.6 Å². The minimum Gasteiger partial charge on any atom is -0.481 e. The summed E-state index contributed by atoms with van der Waals surface area (Å²) in [5.41, 5.74) is -0.129. The van der Waals surface area contributed by atoms with E-state index in [0.717, 1.165) is 37.3 Å². The normalized spacial score (nSPS) is 19.3. The van der Waals surface area contributed by atoms with Gasteiger partial charge in [0, 0.05) is 23.4 Å². The number of nitrogens with zero attached hydrogens (tertiary/aromatic N) is 1. The Labute approximate surface area is 224 Å². The monoisotopic (exact) mass is 544 g/mol. The maximum absolute atomic E-state index is 12.8. The number of likely N-dealkylation sites (tertiary alicyclic amines) is 1. The quantitative estimate of drug-likeness (QED) is 0.412. The summed E-state index contributed by atoms with van der Waals surface area (Å²) in [6, 6.07) is 11.9. The van der Waals surface area contributed by atoms with Crippen LogP contribution in [0, 0.1) is 5.41 Å². The smallest absolute Gasteiger partial charge is 0.416 e. The van der Waals surface area contributed by atoms with Crippen LogP contribution in [0.3, 0.4) is 0 Å². The van der Waals surface area contributed by atoms with Crippen molar-refractivity contribution in [1.29, 1.82) is 0 Å². The fraction of sp³-hybridized carbons (Fsp3) is 0.345. The summed E-state index contributed by atoms with van der Waals surface area (Å²) in [5, 5.41) is 20.2. The molecule has 39 heavy (non-hydrogen) atoms. The number of alkyl halides is 3. The highest BCUT2D eigenvalue weighted by molar-refractivity contribution is 6.04. The summed E-state index contributed by atoms with van der Waals surface area (Å²) in [5.74, 6) is -2.61. The average molecular weight is 545 g/mol. The van der Waals surface area contributed by atoms with E-state index >= 15 is 0 Å². The molecule has 2 aromatic rings. The Bertz CT molecular complexity index is 1270. The number of hydrogen-bond acceptors (Lipinski definition) is 4. The van der Waals surface area contributed by atoms with Crippen LogP contribution in [0.25, 0.3) is 0 Å². The molecule has 1 saturated heterocycles. The van der Waals surface area contributed by atoms with Gasteiger partial charge in [-0.05, 0) is 75.2 Å². The zero-order valence-electron chi connectivity index (χ0n) is 21.5. The van der Waals surface area contributed by atoms with Gasteiger partial charge in [0.05, 0.1) is 11.0 Å². The molecule has 1 unspecified atom stereocenters. The number of aliphatic carboxylic acids is 2. The molecular weight excluding hydrogens is 513 g/mol. The molecule has 0 bridgehead atoms. The van der Waals surface area contributed by atoms with Gasteiger partial charge >= 0.3 is 18.1 Å². The maximum atomic E-state index is 12.8. The molecule has 1 aliphatic heterocycles. The van der Waals surface area contributed by atoms with E-state index in [4.69, 9.17) is 10.2 Å². The Kier molecular flexibility index (Phi) is 9.69. The molecule has 1 atom stereocenters. The number of rotatable bonds is 6. The predicted octanol–water partition coefficient (Wildman–Crippen LogP) is 5.99. The van der Waals surface area contributed by atoms with E-state index in [2.05, 4.69) is 10.2 Å². The molecule has 7 nitrogen and oxygen atoms in total. The van der Waals surface area contributed by atoms with Gasteiger partial charge in [0.1, 0.15) is 0 Å². The highest BCUT2D eigenvalue weighted by Gasteiger charge is 2.34. The number of carbonyl (C=O) groups is 3. The van der Waals surface area contributed by atoms with E-state index in [1.165, 1.54) is 56.5 Å². The zero-order valence-corrected chi connectivity index (χ0v) is 21.5. The van der Waals surface area contributed by atoms with Crippen molar-refractivity contribution in [3.05, 3.63) is 89.0 Å². The highest BCUT2D eigenvalue weighted by atomic mass is 19.4. The van der Waals surface area contributed by atoms with Gasteiger partial charge < -0.3 is 15.5 Å². The van der Waals surface area contributed by atoms with Crippen molar-refractivity contribution in [1.82, 2.24) is 4.90 Å². The number of carbonyl (C=O) groups excluding carboxylic acids is 1. The second-order valence-corrected chi connectivity index (χ2v) is 9.83. The summed E-state index contributed by atoms with van der Waals surface area (Å²) in [6.45, 7) is 4.46. The summed E-state index contributed by atoms with van der Waals surface area (Å²) >= 11 is 0. The molecule has 0 saturated carbocycles. The molecule has 0 aromatic heterocycles. The van der Waals surface area contributed by atoms with Crippen molar-refractivity contribution in [2.75, 3.05) is 18.4 Å². The van der Waals surface area contributed by atoms with Gasteiger partial charge in [0.15, 0.2) is 0 Å². The van der Waals surface area contributed by atoms with Crippen LogP contribution in [-0.2, 0) is 22.3 Å². The van der Waals surface area contributed by atoms with Crippen molar-refractivity contribution < 1.29 is 37.8 Å². The van der Waals surface area contributed by atoms with Crippen molar-refractivity contribution in [2.45, 2.75) is 45.3 Å². The van der Waals surface area contributed by atoms with Crippen LogP contribution in [-0.4, -0.2) is 46.0 Å². The number of halogens is 3. The first-order valence-corrected chi connectivity index (χ1v) is 12.5. The van der Waals surface area contributed by atoms with Crippen molar-refractivity contribution in [3.8, 4) is 0 Å². The molecule has 1 heterocycles. The summed E-state index contributed by atoms with van der Waals surface area (Å²) < 4.78 is 38.4. The van der Waals surface area contributed by atoms with Gasteiger partial charge in [-0.25, -0.2) is 4.79 Å². The van der Waals surface area contributed by atoms with Crippen molar-refractivity contribution in [2.24, 2.45) is 5.41 Å². The number of benzene rings is 2. The van der Waals surface area contributed by atoms with Gasteiger partial charge in [0.2, 0.25) is 0 Å². The maximum Gasteiger partial charge on any atom is 0.416 e. The minimum absolute atomic E-state index is 0.0127. The number of carboxylic acid groups (broad SMARTS) is 2. The number of anilines is 1. The van der Waals surface area contributed by atoms with Gasteiger partial charge in [0.25, 0.3) is 5.91 Å². The lowest BCUT2D eigenvalue weighted by molar-refractivity contribution is -0.145. The first-order valence-electron chi connectivity index (χ1n) is 12.5. The van der Waals surface area contributed by atoms with Crippen LogP contribution in [0.2, 0.25) is 0 Å². The van der Waals surface area contributed by atoms with Gasteiger partial charge in [-0.15, -0.1) is 0 Å². The number of nitrogens with one attached hydrogen (secondary N) is 1. The SMILES string of the molecule is CC1(C(=O)O)C=CC=C(C(=O)O)C1.O=C(Nc1cccc(CN2CCCCC2)c1)c1cccc(C(F)(F)F)c1. The first kappa shape index (κ1) is 29.6. The van der Waals surface area contributed by atoms with E-state index in [-0.39, 0.29) is 17.6 Å². The number of piperidine rings is 1. The van der Waals surface area contributed by atoms with Crippen LogP contribution in [0.4, 0.5) is 18.9 Å². The summed E-state index contributed by atoms with van der Waals surface area (Å²) in [6.07, 6.45) is 3.64. The standard InChI is InChI=1S/C20H21F3N2O.C9H10O4/c21-20(22,23)17-8-5-7-16(13-17)19(26)24-18-9-4-6-15(12-18)14-25-10-2-1-3-11-25;1-9(8(12)13)4-2-3-6(5-9)7(10)11/h4-9,12-13H,1-3,10-11,14H2,(H,24,26);2-4H,5H2,1H3,(H,10,11)(H,12,13). The van der Waals surface area contributed by atoms with Crippen LogP contribution < -0.4 is 5.32 Å². The highest BCUT2D eigenvalue weighted by Crippen LogP contribution is 2.31. The second-order valence-electron chi connectivity index (χ2n) is 9.83. The fourth-order valence-electron chi connectivity index (χ4n) is 4.35. The summed E-state index contributed by atoms with van der Waals surface area (Å²) in [4.78, 5) is 36.0. The molecular formula is C29H31F3N2O5. The van der Waals surface area contributed by atoms with Crippen LogP contribution in [0.15, 0.2) is 72.3 Å². The molecule has 2 aromatic carbocycles. The second kappa shape index (κ2) is 12.8. The molecule has 0 spiro atoms. The number of hydrogen-bond donors (Lipinski definition) is 3. The topological polar surface area (TPSA) is 107 Å². The molecule has 4 rings (SSSR count). The lowest BCUT2D eigenvalue weighted by Gasteiger charge is -2.26. The Morgan fingerprint density at radius 3 is 2.33 bits per heavy atom. The Hall–Kier alpha value is -3.92. The molecule has 1 aliphatic carbocycles. The van der Waals surface area contributed by atoms with E-state index in [0.29, 0.717) is 5.69 Å². The third-order valence-electron chi connectivity index (χ3n) is 6.57. The third kappa shape index (κ3) is 8.54. The number of amides is 1. The molecule has 208 valence electrons. The molecule has 10 heteroatoms. The largest absolute Gasteiger partial charge is 0.481 e. The Morgan fingerprint density at radius 2 is 1.69 bits per heavy atom. The van der Waals surface area contributed by atoms with E-state index in [1.54, 1.807) is 6.07 Å². The van der Waals surface area contributed by atoms with Crippen LogP contribution in [0.1, 0.15) is 54.1 Å². The predicted molar refractivity (Wildman–Crippen MR) is 140 cm³/mol.